The lowest BCUT2D eigenvalue weighted by Gasteiger charge is -2.13. The number of nitrogens with zero attached hydrogens (tertiary/aromatic N) is 1. The summed E-state index contributed by atoms with van der Waals surface area (Å²) in [7, 11) is 0. The van der Waals surface area contributed by atoms with Crippen molar-refractivity contribution in [3.8, 4) is 5.75 Å². The van der Waals surface area contributed by atoms with Gasteiger partial charge >= 0.3 is 0 Å². The van der Waals surface area contributed by atoms with Gasteiger partial charge in [-0.2, -0.15) is 0 Å². The van der Waals surface area contributed by atoms with Crippen molar-refractivity contribution in [2.75, 3.05) is 5.32 Å². The summed E-state index contributed by atoms with van der Waals surface area (Å²) in [6.07, 6.45) is 0. The van der Waals surface area contributed by atoms with E-state index in [1.54, 1.807) is 13.0 Å². The van der Waals surface area contributed by atoms with E-state index in [9.17, 15) is 9.90 Å². The van der Waals surface area contributed by atoms with Crippen LogP contribution < -0.4 is 11.1 Å². The van der Waals surface area contributed by atoms with Gasteiger partial charge in [-0.25, -0.2) is 4.98 Å². The van der Waals surface area contributed by atoms with Crippen LogP contribution in [0.4, 0.5) is 5.82 Å². The first-order valence-corrected chi connectivity index (χ1v) is 6.27. The smallest absolute Gasteiger partial charge is 0.247 e. The minimum Gasteiger partial charge on any atom is -0.504 e. The van der Waals surface area contributed by atoms with Crippen LogP contribution in [0.15, 0.2) is 36.4 Å². The molecule has 104 valence electrons. The third kappa shape index (κ3) is 3.13. The average molecular weight is 271 g/mol. The van der Waals surface area contributed by atoms with E-state index in [4.69, 9.17) is 5.73 Å². The van der Waals surface area contributed by atoms with E-state index in [2.05, 4.69) is 10.3 Å². The van der Waals surface area contributed by atoms with Gasteiger partial charge in [0.05, 0.1) is 0 Å². The fourth-order valence-corrected chi connectivity index (χ4v) is 1.76. The van der Waals surface area contributed by atoms with Gasteiger partial charge in [-0.15, -0.1) is 0 Å². The molecule has 0 spiro atoms. The molecule has 0 saturated heterocycles. The van der Waals surface area contributed by atoms with Crippen molar-refractivity contribution in [1.29, 1.82) is 0 Å². The van der Waals surface area contributed by atoms with E-state index in [1.807, 2.05) is 31.2 Å². The number of hydrogen-bond acceptors (Lipinski definition) is 4. The Labute approximate surface area is 117 Å². The molecular formula is C15H17N3O2. The Morgan fingerprint density at radius 3 is 2.50 bits per heavy atom. The van der Waals surface area contributed by atoms with Crippen molar-refractivity contribution in [2.24, 2.45) is 5.73 Å². The second-order valence-corrected chi connectivity index (χ2v) is 4.70. The maximum Gasteiger partial charge on any atom is 0.247 e. The fraction of sp³-hybridized carbons (Fsp3) is 0.200. The first-order valence-electron chi connectivity index (χ1n) is 6.27. The van der Waals surface area contributed by atoms with Gasteiger partial charge in [0, 0.05) is 5.69 Å². The third-order valence-electron chi connectivity index (χ3n) is 2.97. The van der Waals surface area contributed by atoms with Gasteiger partial charge in [0.1, 0.15) is 6.04 Å². The molecule has 1 amide bonds. The zero-order chi connectivity index (χ0) is 14.7. The number of anilines is 1. The van der Waals surface area contributed by atoms with Gasteiger partial charge in [0.2, 0.25) is 5.91 Å². The number of hydrogen-bond donors (Lipinski definition) is 3. The lowest BCUT2D eigenvalue weighted by Crippen LogP contribution is -2.28. The molecule has 0 radical (unpaired) electrons. The molecule has 2 rings (SSSR count). The number of nitrogens with one attached hydrogen (secondary N) is 1. The number of nitrogens with two attached hydrogens (primary N) is 1. The quantitative estimate of drug-likeness (QED) is 0.797. The van der Waals surface area contributed by atoms with Gasteiger partial charge in [-0.05, 0) is 31.5 Å². The molecule has 0 bridgehead atoms. The molecule has 5 heteroatoms. The highest BCUT2D eigenvalue weighted by Gasteiger charge is 2.17. The number of aromatic nitrogens is 1. The highest BCUT2D eigenvalue weighted by atomic mass is 16.3. The average Bonchev–Trinajstić information content (AvgIpc) is 2.43. The molecule has 0 saturated carbocycles. The number of amides is 1. The molecule has 2 aromatic rings. The Kier molecular flexibility index (Phi) is 4.00. The number of carbonyl (C=O) groups excluding carboxylic acids is 1. The van der Waals surface area contributed by atoms with Crippen LogP contribution in [0.25, 0.3) is 0 Å². The third-order valence-corrected chi connectivity index (χ3v) is 2.97. The zero-order valence-corrected chi connectivity index (χ0v) is 11.4. The standard InChI is InChI=1S/C15H17N3O2/c1-9-3-6-11(7-4-9)13(16)15(20)18-14-12(19)8-5-10(2)17-14/h3-8,13,19H,16H2,1-2H3,(H,17,18,20). The number of benzene rings is 1. The van der Waals surface area contributed by atoms with E-state index < -0.39 is 11.9 Å². The summed E-state index contributed by atoms with van der Waals surface area (Å²) in [6.45, 7) is 3.74. The van der Waals surface area contributed by atoms with Crippen molar-refractivity contribution in [3.05, 3.63) is 53.2 Å². The number of aromatic hydroxyl groups is 1. The highest BCUT2D eigenvalue weighted by molar-refractivity contribution is 5.95. The monoisotopic (exact) mass is 271 g/mol. The number of carbonyl (C=O) groups is 1. The SMILES string of the molecule is Cc1ccc(C(N)C(=O)Nc2nc(C)ccc2O)cc1. The summed E-state index contributed by atoms with van der Waals surface area (Å²) in [5.41, 5.74) is 8.40. The molecule has 0 fully saturated rings. The number of pyridine rings is 1. The number of aryl methyl sites for hydroxylation is 2. The van der Waals surface area contributed by atoms with Crippen molar-refractivity contribution in [3.63, 3.8) is 0 Å². The molecule has 0 aliphatic heterocycles. The molecule has 1 heterocycles. The highest BCUT2D eigenvalue weighted by Crippen LogP contribution is 2.21. The Hall–Kier alpha value is -2.40. The Morgan fingerprint density at radius 2 is 1.85 bits per heavy atom. The Bertz CT molecular complexity index is 624. The summed E-state index contributed by atoms with van der Waals surface area (Å²) >= 11 is 0. The van der Waals surface area contributed by atoms with Gasteiger partial charge in [0.15, 0.2) is 11.6 Å². The van der Waals surface area contributed by atoms with Crippen molar-refractivity contribution < 1.29 is 9.90 Å². The predicted molar refractivity (Wildman–Crippen MR) is 77.4 cm³/mol. The Morgan fingerprint density at radius 1 is 1.20 bits per heavy atom. The zero-order valence-electron chi connectivity index (χ0n) is 11.4. The summed E-state index contributed by atoms with van der Waals surface area (Å²) in [5.74, 6) is -0.375. The first-order chi connectivity index (χ1) is 9.47. The van der Waals surface area contributed by atoms with E-state index in [-0.39, 0.29) is 11.6 Å². The van der Waals surface area contributed by atoms with Crippen molar-refractivity contribution >= 4 is 11.7 Å². The first kappa shape index (κ1) is 14.0. The maximum absolute atomic E-state index is 12.1. The fourth-order valence-electron chi connectivity index (χ4n) is 1.76. The largest absolute Gasteiger partial charge is 0.504 e. The molecule has 1 aromatic heterocycles. The predicted octanol–water partition coefficient (Wildman–Crippen LogP) is 2.04. The van der Waals surface area contributed by atoms with Gasteiger partial charge in [-0.3, -0.25) is 4.79 Å². The van der Waals surface area contributed by atoms with E-state index in [0.29, 0.717) is 11.3 Å². The summed E-state index contributed by atoms with van der Waals surface area (Å²) < 4.78 is 0. The summed E-state index contributed by atoms with van der Waals surface area (Å²) in [6, 6.07) is 9.74. The molecule has 1 aromatic carbocycles. The molecule has 0 aliphatic carbocycles. The summed E-state index contributed by atoms with van der Waals surface area (Å²) in [4.78, 5) is 16.1. The van der Waals surface area contributed by atoms with Gasteiger partial charge in [-0.1, -0.05) is 29.8 Å². The lowest BCUT2D eigenvalue weighted by atomic mass is 10.1. The van der Waals surface area contributed by atoms with Crippen LogP contribution in [-0.4, -0.2) is 16.0 Å². The minimum atomic E-state index is -0.808. The molecule has 5 nitrogen and oxygen atoms in total. The van der Waals surface area contributed by atoms with E-state index in [1.165, 1.54) is 6.07 Å². The molecule has 1 atom stereocenters. The topological polar surface area (TPSA) is 88.2 Å². The molecule has 20 heavy (non-hydrogen) atoms. The van der Waals surface area contributed by atoms with Crippen LogP contribution in [0.2, 0.25) is 0 Å². The molecule has 1 unspecified atom stereocenters. The Balaban J connectivity index is 2.15. The molecule has 0 aliphatic rings. The normalized spacial score (nSPS) is 11.9. The molecular weight excluding hydrogens is 254 g/mol. The van der Waals surface area contributed by atoms with Crippen LogP contribution in [0, 0.1) is 13.8 Å². The van der Waals surface area contributed by atoms with Crippen molar-refractivity contribution in [2.45, 2.75) is 19.9 Å². The van der Waals surface area contributed by atoms with Crippen LogP contribution in [0.1, 0.15) is 22.9 Å². The maximum atomic E-state index is 12.1. The second-order valence-electron chi connectivity index (χ2n) is 4.70. The van der Waals surface area contributed by atoms with Gasteiger partial charge < -0.3 is 16.2 Å². The van der Waals surface area contributed by atoms with Gasteiger partial charge in [0.25, 0.3) is 0 Å². The van der Waals surface area contributed by atoms with Crippen LogP contribution in [-0.2, 0) is 4.79 Å². The summed E-state index contributed by atoms with van der Waals surface area (Å²) in [5, 5.41) is 12.2. The van der Waals surface area contributed by atoms with Crippen molar-refractivity contribution in [1.82, 2.24) is 4.98 Å². The van der Waals surface area contributed by atoms with E-state index >= 15 is 0 Å². The second kappa shape index (κ2) is 5.71. The minimum absolute atomic E-state index is 0.0833. The van der Waals surface area contributed by atoms with Crippen LogP contribution in [0.3, 0.4) is 0 Å². The molecule has 4 N–H and O–H groups in total. The van der Waals surface area contributed by atoms with E-state index in [0.717, 1.165) is 5.56 Å². The lowest BCUT2D eigenvalue weighted by molar-refractivity contribution is -0.117. The van der Waals surface area contributed by atoms with Crippen LogP contribution >= 0.6 is 0 Å². The number of rotatable bonds is 3. The van der Waals surface area contributed by atoms with Crippen LogP contribution in [0.5, 0.6) is 5.75 Å².